The highest BCUT2D eigenvalue weighted by molar-refractivity contribution is 5.24. The quantitative estimate of drug-likeness (QED) is 0.620. The molecule has 0 aliphatic carbocycles. The molecule has 1 aromatic rings. The SMILES string of the molecule is COCCONCc1ccc(C(F)(F)F)cc1. The lowest BCUT2D eigenvalue weighted by Crippen LogP contribution is -2.17. The minimum absolute atomic E-state index is 0.349. The summed E-state index contributed by atoms with van der Waals surface area (Å²) >= 11 is 0. The highest BCUT2D eigenvalue weighted by Gasteiger charge is 2.29. The summed E-state index contributed by atoms with van der Waals surface area (Å²) in [7, 11) is 1.55. The van der Waals surface area contributed by atoms with E-state index in [-0.39, 0.29) is 0 Å². The maximum Gasteiger partial charge on any atom is 0.416 e. The third-order valence-electron chi connectivity index (χ3n) is 2.05. The van der Waals surface area contributed by atoms with Crippen LogP contribution in [0.5, 0.6) is 0 Å². The summed E-state index contributed by atoms with van der Waals surface area (Å²) in [6, 6.07) is 4.92. The molecule has 0 atom stereocenters. The zero-order chi connectivity index (χ0) is 12.7. The summed E-state index contributed by atoms with van der Waals surface area (Å²) < 4.78 is 41.5. The van der Waals surface area contributed by atoms with Crippen molar-refractivity contribution in [3.8, 4) is 0 Å². The number of rotatable bonds is 6. The number of hydrogen-bond acceptors (Lipinski definition) is 3. The largest absolute Gasteiger partial charge is 0.416 e. The fourth-order valence-corrected chi connectivity index (χ4v) is 1.14. The van der Waals surface area contributed by atoms with Gasteiger partial charge in [0.25, 0.3) is 0 Å². The Balaban J connectivity index is 2.36. The van der Waals surface area contributed by atoms with E-state index in [9.17, 15) is 13.2 Å². The Morgan fingerprint density at radius 1 is 1.12 bits per heavy atom. The normalized spacial score (nSPS) is 11.8. The lowest BCUT2D eigenvalue weighted by molar-refractivity contribution is -0.137. The molecule has 1 N–H and O–H groups in total. The summed E-state index contributed by atoms with van der Waals surface area (Å²) in [5.41, 5.74) is 2.70. The average molecular weight is 249 g/mol. The van der Waals surface area contributed by atoms with Crippen LogP contribution in [-0.2, 0) is 22.3 Å². The molecule has 0 spiro atoms. The van der Waals surface area contributed by atoms with Gasteiger partial charge in [0.15, 0.2) is 0 Å². The van der Waals surface area contributed by atoms with Crippen molar-refractivity contribution >= 4 is 0 Å². The molecule has 1 rings (SSSR count). The Bertz CT molecular complexity index is 324. The minimum Gasteiger partial charge on any atom is -0.382 e. The standard InChI is InChI=1S/C11H14F3NO2/c1-16-6-7-17-15-8-9-2-4-10(5-3-9)11(12,13)14/h2-5,15H,6-8H2,1H3. The van der Waals surface area contributed by atoms with E-state index in [4.69, 9.17) is 9.57 Å². The first-order valence-electron chi connectivity index (χ1n) is 5.04. The van der Waals surface area contributed by atoms with Crippen LogP contribution in [0.15, 0.2) is 24.3 Å². The number of alkyl halides is 3. The molecule has 3 nitrogen and oxygen atoms in total. The molecule has 0 saturated carbocycles. The van der Waals surface area contributed by atoms with Crippen LogP contribution in [0, 0.1) is 0 Å². The minimum atomic E-state index is -4.29. The molecule has 17 heavy (non-hydrogen) atoms. The molecule has 0 amide bonds. The Kier molecular flexibility index (Phi) is 5.40. The van der Waals surface area contributed by atoms with Crippen molar-refractivity contribution in [2.24, 2.45) is 0 Å². The molecule has 0 aliphatic rings. The Hall–Kier alpha value is -1.11. The van der Waals surface area contributed by atoms with Gasteiger partial charge in [0, 0.05) is 13.7 Å². The molecule has 96 valence electrons. The molecule has 0 aliphatic heterocycles. The van der Waals surface area contributed by atoms with Gasteiger partial charge >= 0.3 is 6.18 Å². The number of benzene rings is 1. The summed E-state index contributed by atoms with van der Waals surface area (Å²) in [5, 5.41) is 0. The number of hydroxylamine groups is 1. The summed E-state index contributed by atoms with van der Waals surface area (Å²) in [6.45, 7) is 1.19. The molecule has 0 bridgehead atoms. The highest BCUT2D eigenvalue weighted by Crippen LogP contribution is 2.28. The van der Waals surface area contributed by atoms with Gasteiger partial charge in [0.2, 0.25) is 0 Å². The molecule has 0 fully saturated rings. The molecule has 0 aromatic heterocycles. The number of nitrogens with one attached hydrogen (secondary N) is 1. The molecule has 0 radical (unpaired) electrons. The van der Waals surface area contributed by atoms with E-state index in [2.05, 4.69) is 5.48 Å². The van der Waals surface area contributed by atoms with Gasteiger partial charge in [-0.2, -0.15) is 18.7 Å². The maximum atomic E-state index is 12.3. The van der Waals surface area contributed by atoms with Gasteiger partial charge in [0.05, 0.1) is 18.8 Å². The van der Waals surface area contributed by atoms with Gasteiger partial charge in [-0.05, 0) is 17.7 Å². The second-order valence-electron chi connectivity index (χ2n) is 3.36. The van der Waals surface area contributed by atoms with E-state index in [1.807, 2.05) is 0 Å². The van der Waals surface area contributed by atoms with Crippen LogP contribution in [0.25, 0.3) is 0 Å². The zero-order valence-corrected chi connectivity index (χ0v) is 9.38. The maximum absolute atomic E-state index is 12.3. The Labute approximate surface area is 97.5 Å². The summed E-state index contributed by atoms with van der Waals surface area (Å²) in [4.78, 5) is 4.98. The van der Waals surface area contributed by atoms with Crippen LogP contribution in [-0.4, -0.2) is 20.3 Å². The Morgan fingerprint density at radius 3 is 2.29 bits per heavy atom. The first-order valence-corrected chi connectivity index (χ1v) is 5.04. The van der Waals surface area contributed by atoms with Crippen molar-refractivity contribution in [3.63, 3.8) is 0 Å². The van der Waals surface area contributed by atoms with Crippen LogP contribution in [0.2, 0.25) is 0 Å². The molecular weight excluding hydrogens is 235 g/mol. The van der Waals surface area contributed by atoms with Crippen LogP contribution < -0.4 is 5.48 Å². The van der Waals surface area contributed by atoms with E-state index < -0.39 is 11.7 Å². The average Bonchev–Trinajstić information content (AvgIpc) is 2.28. The van der Waals surface area contributed by atoms with Crippen molar-refractivity contribution in [2.75, 3.05) is 20.3 Å². The third-order valence-corrected chi connectivity index (χ3v) is 2.05. The van der Waals surface area contributed by atoms with Gasteiger partial charge in [-0.1, -0.05) is 12.1 Å². The van der Waals surface area contributed by atoms with Gasteiger partial charge in [0.1, 0.15) is 0 Å². The monoisotopic (exact) mass is 249 g/mol. The lowest BCUT2D eigenvalue weighted by atomic mass is 10.1. The molecule has 6 heteroatoms. The van der Waals surface area contributed by atoms with Gasteiger partial charge in [-0.15, -0.1) is 0 Å². The fraction of sp³-hybridized carbons (Fsp3) is 0.455. The van der Waals surface area contributed by atoms with Gasteiger partial charge < -0.3 is 4.74 Å². The van der Waals surface area contributed by atoms with Crippen molar-refractivity contribution < 1.29 is 22.7 Å². The molecule has 0 heterocycles. The zero-order valence-electron chi connectivity index (χ0n) is 9.38. The van der Waals surface area contributed by atoms with Crippen molar-refractivity contribution in [2.45, 2.75) is 12.7 Å². The fourth-order valence-electron chi connectivity index (χ4n) is 1.14. The second-order valence-corrected chi connectivity index (χ2v) is 3.36. The van der Waals surface area contributed by atoms with E-state index in [1.54, 1.807) is 7.11 Å². The Morgan fingerprint density at radius 2 is 1.76 bits per heavy atom. The van der Waals surface area contributed by atoms with Crippen LogP contribution in [0.3, 0.4) is 0 Å². The molecule has 0 unspecified atom stereocenters. The van der Waals surface area contributed by atoms with Crippen LogP contribution in [0.4, 0.5) is 13.2 Å². The first kappa shape index (κ1) is 14.0. The van der Waals surface area contributed by atoms with Crippen LogP contribution in [0.1, 0.15) is 11.1 Å². The predicted octanol–water partition coefficient (Wildman–Crippen LogP) is 2.37. The topological polar surface area (TPSA) is 30.5 Å². The smallest absolute Gasteiger partial charge is 0.382 e. The number of ether oxygens (including phenoxy) is 1. The second kappa shape index (κ2) is 6.58. The van der Waals surface area contributed by atoms with Gasteiger partial charge in [-0.25, -0.2) is 0 Å². The van der Waals surface area contributed by atoms with E-state index in [1.165, 1.54) is 12.1 Å². The van der Waals surface area contributed by atoms with Crippen molar-refractivity contribution in [1.29, 1.82) is 0 Å². The number of halogens is 3. The van der Waals surface area contributed by atoms with Crippen molar-refractivity contribution in [3.05, 3.63) is 35.4 Å². The first-order chi connectivity index (χ1) is 8.04. The molecule has 1 aromatic carbocycles. The summed E-state index contributed by atoms with van der Waals surface area (Å²) in [5.74, 6) is 0. The predicted molar refractivity (Wildman–Crippen MR) is 56.1 cm³/mol. The van der Waals surface area contributed by atoms with Gasteiger partial charge in [-0.3, -0.25) is 4.84 Å². The highest BCUT2D eigenvalue weighted by atomic mass is 19.4. The van der Waals surface area contributed by atoms with E-state index >= 15 is 0 Å². The summed E-state index contributed by atoms with van der Waals surface area (Å²) in [6.07, 6.45) is -4.29. The molecular formula is C11H14F3NO2. The lowest BCUT2D eigenvalue weighted by Gasteiger charge is -2.08. The van der Waals surface area contributed by atoms with E-state index in [0.717, 1.165) is 17.7 Å². The van der Waals surface area contributed by atoms with E-state index in [0.29, 0.717) is 19.8 Å². The number of hydrogen-bond donors (Lipinski definition) is 1. The van der Waals surface area contributed by atoms with Crippen LogP contribution >= 0.6 is 0 Å². The molecule has 0 saturated heterocycles. The van der Waals surface area contributed by atoms with Crippen molar-refractivity contribution in [1.82, 2.24) is 5.48 Å². The third kappa shape index (κ3) is 5.16. The number of methoxy groups -OCH3 is 1.